The molecular formula is C6H8N4O. The van der Waals surface area contributed by atoms with Crippen molar-refractivity contribution < 1.29 is 4.79 Å². The number of anilines is 2. The number of hydrogen-bond acceptors (Lipinski definition) is 5. The van der Waals surface area contributed by atoms with Crippen LogP contribution in [0.1, 0.15) is 16.2 Å². The van der Waals surface area contributed by atoms with Gasteiger partial charge in [0.15, 0.2) is 12.1 Å². The molecule has 0 aromatic carbocycles. The average molecular weight is 152 g/mol. The molecule has 58 valence electrons. The number of nitrogens with zero attached hydrogens (tertiary/aromatic N) is 2. The molecule has 0 unspecified atom stereocenters. The second kappa shape index (κ2) is 2.53. The zero-order valence-corrected chi connectivity index (χ0v) is 6.03. The first-order chi connectivity index (χ1) is 5.15. The van der Waals surface area contributed by atoms with E-state index in [1.165, 1.54) is 0 Å². The molecule has 0 bridgehead atoms. The van der Waals surface area contributed by atoms with Gasteiger partial charge in [0, 0.05) is 0 Å². The zero-order chi connectivity index (χ0) is 8.43. The van der Waals surface area contributed by atoms with Crippen molar-refractivity contribution in [1.82, 2.24) is 9.97 Å². The Morgan fingerprint density at radius 3 is 2.45 bits per heavy atom. The highest BCUT2D eigenvalue weighted by atomic mass is 16.1. The van der Waals surface area contributed by atoms with Crippen molar-refractivity contribution >= 4 is 17.9 Å². The number of aryl methyl sites for hydroxylation is 1. The first-order valence-corrected chi connectivity index (χ1v) is 3.00. The van der Waals surface area contributed by atoms with Gasteiger partial charge in [-0.1, -0.05) is 0 Å². The van der Waals surface area contributed by atoms with Crippen LogP contribution in [0.15, 0.2) is 0 Å². The summed E-state index contributed by atoms with van der Waals surface area (Å²) in [5.74, 6) is 0.330. The molecule has 0 fully saturated rings. The third-order valence-corrected chi connectivity index (χ3v) is 1.27. The van der Waals surface area contributed by atoms with E-state index in [-0.39, 0.29) is 17.3 Å². The largest absolute Gasteiger partial charge is 0.382 e. The highest BCUT2D eigenvalue weighted by molar-refractivity contribution is 5.79. The Hall–Kier alpha value is -1.65. The Morgan fingerprint density at radius 1 is 1.27 bits per heavy atom. The van der Waals surface area contributed by atoms with Gasteiger partial charge in [-0.05, 0) is 6.92 Å². The summed E-state index contributed by atoms with van der Waals surface area (Å²) in [4.78, 5) is 17.8. The zero-order valence-electron chi connectivity index (χ0n) is 6.03. The Balaban J connectivity index is 3.31. The first kappa shape index (κ1) is 7.46. The molecule has 5 nitrogen and oxygen atoms in total. The number of aldehydes is 1. The molecule has 1 heterocycles. The fraction of sp³-hybridized carbons (Fsp3) is 0.167. The lowest BCUT2D eigenvalue weighted by atomic mass is 10.4. The summed E-state index contributed by atoms with van der Waals surface area (Å²) in [6.07, 6.45) is 0.550. The maximum Gasteiger partial charge on any atom is 0.172 e. The topological polar surface area (TPSA) is 94.9 Å². The average Bonchev–Trinajstić information content (AvgIpc) is 1.97. The molecule has 5 heteroatoms. The molecule has 0 saturated heterocycles. The van der Waals surface area contributed by atoms with Crippen LogP contribution in [0.5, 0.6) is 0 Å². The summed E-state index contributed by atoms with van der Waals surface area (Å²) in [5.41, 5.74) is 11.3. The van der Waals surface area contributed by atoms with E-state index in [9.17, 15) is 4.79 Å². The molecule has 4 N–H and O–H groups in total. The van der Waals surface area contributed by atoms with Gasteiger partial charge in [-0.3, -0.25) is 4.79 Å². The van der Waals surface area contributed by atoms with Gasteiger partial charge in [-0.2, -0.15) is 0 Å². The van der Waals surface area contributed by atoms with Gasteiger partial charge in [0.1, 0.15) is 11.5 Å². The van der Waals surface area contributed by atoms with Crippen LogP contribution in [-0.2, 0) is 0 Å². The molecule has 11 heavy (non-hydrogen) atoms. The van der Waals surface area contributed by atoms with Gasteiger partial charge in [0.2, 0.25) is 0 Å². The summed E-state index contributed by atoms with van der Waals surface area (Å²) in [7, 11) is 0. The molecule has 0 aliphatic rings. The van der Waals surface area contributed by atoms with Crippen LogP contribution in [0, 0.1) is 6.92 Å². The Morgan fingerprint density at radius 2 is 1.91 bits per heavy atom. The smallest absolute Gasteiger partial charge is 0.172 e. The van der Waals surface area contributed by atoms with Crippen molar-refractivity contribution in [1.29, 1.82) is 0 Å². The van der Waals surface area contributed by atoms with Gasteiger partial charge in [-0.15, -0.1) is 0 Å². The predicted molar refractivity (Wildman–Crippen MR) is 41.0 cm³/mol. The number of hydrogen-bond donors (Lipinski definition) is 2. The minimum absolute atomic E-state index is 0.0723. The van der Waals surface area contributed by atoms with Crippen molar-refractivity contribution in [3.8, 4) is 0 Å². The van der Waals surface area contributed by atoms with Gasteiger partial charge in [-0.25, -0.2) is 9.97 Å². The fourth-order valence-electron chi connectivity index (χ4n) is 0.650. The van der Waals surface area contributed by atoms with Gasteiger partial charge in [0.25, 0.3) is 0 Å². The molecule has 0 aliphatic heterocycles. The Kier molecular flexibility index (Phi) is 1.72. The number of nitrogens with two attached hydrogens (primary N) is 2. The first-order valence-electron chi connectivity index (χ1n) is 3.00. The summed E-state index contributed by atoms with van der Waals surface area (Å²) in [6, 6.07) is 0. The Bertz CT molecular complexity index is 297. The number of carbonyl (C=O) groups is 1. The number of aromatic nitrogens is 2. The van der Waals surface area contributed by atoms with Crippen LogP contribution in [0.25, 0.3) is 0 Å². The summed E-state index contributed by atoms with van der Waals surface area (Å²) >= 11 is 0. The van der Waals surface area contributed by atoms with Gasteiger partial charge >= 0.3 is 0 Å². The highest BCUT2D eigenvalue weighted by Gasteiger charge is 2.03. The molecule has 1 aromatic rings. The van der Waals surface area contributed by atoms with E-state index in [0.717, 1.165) is 0 Å². The van der Waals surface area contributed by atoms with Crippen LogP contribution >= 0.6 is 0 Å². The van der Waals surface area contributed by atoms with Crippen molar-refractivity contribution in [3.63, 3.8) is 0 Å². The molecule has 0 radical (unpaired) electrons. The van der Waals surface area contributed by atoms with E-state index in [0.29, 0.717) is 12.0 Å². The number of rotatable bonds is 1. The predicted octanol–water partition coefficient (Wildman–Crippen LogP) is -0.238. The third-order valence-electron chi connectivity index (χ3n) is 1.27. The summed E-state index contributed by atoms with van der Waals surface area (Å²) in [5, 5.41) is 0. The minimum Gasteiger partial charge on any atom is -0.382 e. The van der Waals surface area contributed by atoms with Crippen LogP contribution in [0.2, 0.25) is 0 Å². The van der Waals surface area contributed by atoms with Crippen molar-refractivity contribution in [2.24, 2.45) is 0 Å². The van der Waals surface area contributed by atoms with Gasteiger partial charge in [0.05, 0.1) is 5.69 Å². The molecule has 0 amide bonds. The van der Waals surface area contributed by atoms with E-state index in [4.69, 9.17) is 11.5 Å². The normalized spacial score (nSPS) is 9.55. The number of carbonyl (C=O) groups excluding carboxylic acids is 1. The van der Waals surface area contributed by atoms with Crippen LogP contribution in [0.3, 0.4) is 0 Å². The van der Waals surface area contributed by atoms with Crippen molar-refractivity contribution in [3.05, 3.63) is 11.4 Å². The maximum absolute atomic E-state index is 10.3. The van der Waals surface area contributed by atoms with Crippen molar-refractivity contribution in [2.75, 3.05) is 11.5 Å². The van der Waals surface area contributed by atoms with Crippen LogP contribution in [0.4, 0.5) is 11.6 Å². The molecule has 0 spiro atoms. The third kappa shape index (κ3) is 1.26. The van der Waals surface area contributed by atoms with Gasteiger partial charge < -0.3 is 11.5 Å². The maximum atomic E-state index is 10.3. The monoisotopic (exact) mass is 152 g/mol. The quantitative estimate of drug-likeness (QED) is 0.541. The van der Waals surface area contributed by atoms with E-state index in [2.05, 4.69) is 9.97 Å². The summed E-state index contributed by atoms with van der Waals surface area (Å²) < 4.78 is 0. The second-order valence-electron chi connectivity index (χ2n) is 2.08. The van der Waals surface area contributed by atoms with E-state index in [1.807, 2.05) is 0 Å². The number of nitrogen functional groups attached to an aromatic ring is 2. The van der Waals surface area contributed by atoms with Crippen LogP contribution in [-0.4, -0.2) is 16.3 Å². The molecule has 0 atom stereocenters. The molecule has 0 saturated carbocycles. The molecule has 0 aliphatic carbocycles. The van der Waals surface area contributed by atoms with Crippen molar-refractivity contribution in [2.45, 2.75) is 6.92 Å². The minimum atomic E-state index is 0.0723. The molecule has 1 rings (SSSR count). The fourth-order valence-corrected chi connectivity index (χ4v) is 0.650. The molecule has 1 aromatic heterocycles. The lowest BCUT2D eigenvalue weighted by Gasteiger charge is -2.00. The SMILES string of the molecule is Cc1nc(C=O)c(N)nc1N. The molecular weight excluding hydrogens is 144 g/mol. The Labute approximate surface area is 63.4 Å². The standard InChI is InChI=1S/C6H8N4O/c1-3-5(7)10-6(8)4(2-11)9-3/h2H,1H3,(H4,7,8,10). The van der Waals surface area contributed by atoms with E-state index in [1.54, 1.807) is 6.92 Å². The highest BCUT2D eigenvalue weighted by Crippen LogP contribution is 2.09. The summed E-state index contributed by atoms with van der Waals surface area (Å²) in [6.45, 7) is 1.66. The second-order valence-corrected chi connectivity index (χ2v) is 2.08. The van der Waals surface area contributed by atoms with E-state index >= 15 is 0 Å². The van der Waals surface area contributed by atoms with Crippen LogP contribution < -0.4 is 11.5 Å². The lowest BCUT2D eigenvalue weighted by Crippen LogP contribution is -2.05. The lowest BCUT2D eigenvalue weighted by molar-refractivity contribution is 0.111. The van der Waals surface area contributed by atoms with E-state index < -0.39 is 0 Å².